The van der Waals surface area contributed by atoms with Crippen molar-refractivity contribution in [3.05, 3.63) is 39.8 Å². The number of anilines is 1. The highest BCUT2D eigenvalue weighted by Gasteiger charge is 2.22. The molecule has 1 aromatic carbocycles. The summed E-state index contributed by atoms with van der Waals surface area (Å²) in [5.41, 5.74) is 2.42. The van der Waals surface area contributed by atoms with Crippen molar-refractivity contribution in [2.24, 2.45) is 0 Å². The van der Waals surface area contributed by atoms with Crippen LogP contribution in [0.4, 0.5) is 5.00 Å². The summed E-state index contributed by atoms with van der Waals surface area (Å²) in [6.45, 7) is 0. The first-order valence-electron chi connectivity index (χ1n) is 8.45. The van der Waals surface area contributed by atoms with Crippen LogP contribution in [-0.2, 0) is 17.6 Å². The quantitative estimate of drug-likeness (QED) is 0.767. The number of aryl methyl sites for hydroxylation is 1. The Hall–Kier alpha value is -2.98. The average molecular weight is 384 g/mol. The normalized spacial score (nSPS) is 12.5. The standard InChI is InChI=1S/C20H20N2O4S/c1-24-15-9-12(10-16(25-2)19(15)26-3)7-8-18(23)22-20-14(11-21)13-5-4-6-17(13)27-20/h7-10H,4-6H2,1-3H3,(H,22,23)/b8-7+. The van der Waals surface area contributed by atoms with Crippen LogP contribution in [-0.4, -0.2) is 27.2 Å². The van der Waals surface area contributed by atoms with E-state index in [2.05, 4.69) is 11.4 Å². The molecule has 1 amide bonds. The van der Waals surface area contributed by atoms with Gasteiger partial charge in [0, 0.05) is 11.0 Å². The summed E-state index contributed by atoms with van der Waals surface area (Å²) in [4.78, 5) is 13.5. The molecule has 0 radical (unpaired) electrons. The number of carbonyl (C=O) groups excluding carboxylic acids is 1. The molecule has 0 saturated heterocycles. The highest BCUT2D eigenvalue weighted by Crippen LogP contribution is 2.39. The van der Waals surface area contributed by atoms with Gasteiger partial charge in [-0.1, -0.05) is 0 Å². The van der Waals surface area contributed by atoms with Gasteiger partial charge in [0.1, 0.15) is 11.1 Å². The molecule has 0 atom stereocenters. The maximum Gasteiger partial charge on any atom is 0.249 e. The van der Waals surface area contributed by atoms with Crippen molar-refractivity contribution in [1.29, 1.82) is 5.26 Å². The summed E-state index contributed by atoms with van der Waals surface area (Å²) < 4.78 is 15.9. The molecule has 6 nitrogen and oxygen atoms in total. The Morgan fingerprint density at radius 3 is 2.48 bits per heavy atom. The summed E-state index contributed by atoms with van der Waals surface area (Å²) in [5.74, 6) is 1.23. The third kappa shape index (κ3) is 3.76. The van der Waals surface area contributed by atoms with Gasteiger partial charge in [-0.15, -0.1) is 11.3 Å². The highest BCUT2D eigenvalue weighted by atomic mass is 32.1. The lowest BCUT2D eigenvalue weighted by molar-refractivity contribution is -0.111. The van der Waals surface area contributed by atoms with Crippen LogP contribution in [0.5, 0.6) is 17.2 Å². The first kappa shape index (κ1) is 18.8. The van der Waals surface area contributed by atoms with Gasteiger partial charge in [-0.25, -0.2) is 0 Å². The number of benzene rings is 1. The van der Waals surface area contributed by atoms with Crippen LogP contribution in [0.1, 0.15) is 28.0 Å². The molecule has 1 aliphatic rings. The minimum absolute atomic E-state index is 0.292. The fourth-order valence-electron chi connectivity index (χ4n) is 3.13. The van der Waals surface area contributed by atoms with Gasteiger partial charge in [-0.2, -0.15) is 5.26 Å². The molecule has 0 spiro atoms. The van der Waals surface area contributed by atoms with Gasteiger partial charge in [0.05, 0.1) is 26.9 Å². The van der Waals surface area contributed by atoms with Crippen molar-refractivity contribution in [1.82, 2.24) is 0 Å². The minimum Gasteiger partial charge on any atom is -0.493 e. The van der Waals surface area contributed by atoms with Crippen LogP contribution >= 0.6 is 11.3 Å². The van der Waals surface area contributed by atoms with Crippen molar-refractivity contribution in [2.75, 3.05) is 26.6 Å². The van der Waals surface area contributed by atoms with Gasteiger partial charge < -0.3 is 19.5 Å². The van der Waals surface area contributed by atoms with E-state index in [1.807, 2.05) is 0 Å². The van der Waals surface area contributed by atoms with E-state index in [1.165, 1.54) is 43.6 Å². The molecule has 2 aromatic rings. The molecule has 0 bridgehead atoms. The van der Waals surface area contributed by atoms with E-state index in [-0.39, 0.29) is 5.91 Å². The minimum atomic E-state index is -0.292. The van der Waals surface area contributed by atoms with Crippen molar-refractivity contribution in [2.45, 2.75) is 19.3 Å². The first-order valence-corrected chi connectivity index (χ1v) is 9.26. The number of amides is 1. The molecular formula is C20H20N2O4S. The fourth-order valence-corrected chi connectivity index (χ4v) is 4.38. The molecule has 1 aromatic heterocycles. The molecule has 0 saturated carbocycles. The molecule has 3 rings (SSSR count). The fraction of sp³-hybridized carbons (Fsp3) is 0.300. The predicted molar refractivity (Wildman–Crippen MR) is 105 cm³/mol. The monoisotopic (exact) mass is 384 g/mol. The van der Waals surface area contributed by atoms with Crippen LogP contribution in [0.2, 0.25) is 0 Å². The Kier molecular flexibility index (Phi) is 5.67. The Morgan fingerprint density at radius 1 is 1.19 bits per heavy atom. The smallest absolute Gasteiger partial charge is 0.249 e. The first-order chi connectivity index (χ1) is 13.1. The van der Waals surface area contributed by atoms with E-state index in [4.69, 9.17) is 14.2 Å². The number of carbonyl (C=O) groups is 1. The van der Waals surface area contributed by atoms with Crippen molar-refractivity contribution in [3.63, 3.8) is 0 Å². The zero-order valence-corrected chi connectivity index (χ0v) is 16.2. The summed E-state index contributed by atoms with van der Waals surface area (Å²) in [7, 11) is 4.61. The molecule has 1 aliphatic carbocycles. The van der Waals surface area contributed by atoms with Gasteiger partial charge in [0.2, 0.25) is 11.7 Å². The van der Waals surface area contributed by atoms with E-state index < -0.39 is 0 Å². The molecule has 27 heavy (non-hydrogen) atoms. The van der Waals surface area contributed by atoms with Gasteiger partial charge in [-0.05, 0) is 48.6 Å². The van der Waals surface area contributed by atoms with Crippen LogP contribution in [0.3, 0.4) is 0 Å². The van der Waals surface area contributed by atoms with Crippen LogP contribution in [0.25, 0.3) is 6.08 Å². The topological polar surface area (TPSA) is 80.6 Å². The molecule has 140 valence electrons. The lowest BCUT2D eigenvalue weighted by Crippen LogP contribution is -2.07. The van der Waals surface area contributed by atoms with E-state index in [9.17, 15) is 10.1 Å². The second kappa shape index (κ2) is 8.14. The van der Waals surface area contributed by atoms with Crippen LogP contribution < -0.4 is 19.5 Å². The van der Waals surface area contributed by atoms with Gasteiger partial charge >= 0.3 is 0 Å². The van der Waals surface area contributed by atoms with Crippen LogP contribution in [0.15, 0.2) is 18.2 Å². The van der Waals surface area contributed by atoms with Gasteiger partial charge in [0.15, 0.2) is 11.5 Å². The lowest BCUT2D eigenvalue weighted by atomic mass is 10.1. The number of hydrogen-bond acceptors (Lipinski definition) is 6. The largest absolute Gasteiger partial charge is 0.493 e. The number of nitrogens with one attached hydrogen (secondary N) is 1. The third-order valence-corrected chi connectivity index (χ3v) is 5.59. The molecule has 7 heteroatoms. The van der Waals surface area contributed by atoms with E-state index in [1.54, 1.807) is 18.2 Å². The number of hydrogen-bond donors (Lipinski definition) is 1. The number of thiophene rings is 1. The SMILES string of the molecule is COc1cc(/C=C/C(=O)Nc2sc3c(c2C#N)CCC3)cc(OC)c1OC. The van der Waals surface area contributed by atoms with Crippen LogP contribution in [0, 0.1) is 11.3 Å². The van der Waals surface area contributed by atoms with Gasteiger partial charge in [-0.3, -0.25) is 4.79 Å². The molecule has 0 unspecified atom stereocenters. The zero-order valence-electron chi connectivity index (χ0n) is 15.4. The lowest BCUT2D eigenvalue weighted by Gasteiger charge is -2.12. The van der Waals surface area contributed by atoms with Crippen molar-refractivity contribution < 1.29 is 19.0 Å². The maximum absolute atomic E-state index is 12.3. The summed E-state index contributed by atoms with van der Waals surface area (Å²) in [6, 6.07) is 5.73. The summed E-state index contributed by atoms with van der Waals surface area (Å²) in [6.07, 6.45) is 6.04. The Labute approximate surface area is 162 Å². The predicted octanol–water partition coefficient (Wildman–Crippen LogP) is 3.79. The van der Waals surface area contributed by atoms with E-state index >= 15 is 0 Å². The number of ether oxygens (including phenoxy) is 3. The number of rotatable bonds is 6. The van der Waals surface area contributed by atoms with E-state index in [0.29, 0.717) is 27.8 Å². The van der Waals surface area contributed by atoms with Crippen molar-refractivity contribution >= 4 is 28.3 Å². The second-order valence-corrected chi connectivity index (χ2v) is 7.06. The number of methoxy groups -OCH3 is 3. The Bertz CT molecular complexity index is 915. The average Bonchev–Trinajstić information content (AvgIpc) is 3.25. The molecule has 0 fully saturated rings. The maximum atomic E-state index is 12.3. The second-order valence-electron chi connectivity index (χ2n) is 5.95. The van der Waals surface area contributed by atoms with Gasteiger partial charge in [0.25, 0.3) is 0 Å². The third-order valence-electron chi connectivity index (χ3n) is 4.38. The summed E-state index contributed by atoms with van der Waals surface area (Å²) in [5, 5.41) is 12.9. The van der Waals surface area contributed by atoms with Crippen molar-refractivity contribution in [3.8, 4) is 23.3 Å². The number of nitrogens with zero attached hydrogens (tertiary/aromatic N) is 1. The highest BCUT2D eigenvalue weighted by molar-refractivity contribution is 7.16. The molecular weight excluding hydrogens is 364 g/mol. The van der Waals surface area contributed by atoms with E-state index in [0.717, 1.165) is 30.4 Å². The zero-order chi connectivity index (χ0) is 19.4. The Balaban J connectivity index is 1.79. The number of fused-ring (bicyclic) bond motifs is 1. The molecule has 1 heterocycles. The molecule has 1 N–H and O–H groups in total. The molecule has 0 aliphatic heterocycles. The Morgan fingerprint density at radius 2 is 1.89 bits per heavy atom. The number of nitriles is 1. The summed E-state index contributed by atoms with van der Waals surface area (Å²) >= 11 is 1.50.